The van der Waals surface area contributed by atoms with Gasteiger partial charge in [0, 0.05) is 16.5 Å². The van der Waals surface area contributed by atoms with E-state index in [0.717, 1.165) is 17.0 Å². The van der Waals surface area contributed by atoms with E-state index in [4.69, 9.17) is 14.5 Å². The van der Waals surface area contributed by atoms with Crippen LogP contribution in [0.4, 0.5) is 10.8 Å². The lowest BCUT2D eigenvalue weighted by atomic mass is 10.1. The van der Waals surface area contributed by atoms with Crippen molar-refractivity contribution in [1.82, 2.24) is 4.98 Å². The Morgan fingerprint density at radius 3 is 2.41 bits per heavy atom. The summed E-state index contributed by atoms with van der Waals surface area (Å²) in [4.78, 5) is 20.1. The number of carbonyl (C=O) groups excluding carboxylic acids is 1. The molecule has 4 rings (SSSR count). The molecule has 0 saturated carbocycles. The molecule has 32 heavy (non-hydrogen) atoms. The van der Waals surface area contributed by atoms with Crippen LogP contribution in [0.3, 0.4) is 0 Å². The number of carbonyl (C=O) groups is 1. The molecule has 162 valence electrons. The highest BCUT2D eigenvalue weighted by Gasteiger charge is 2.25. The topological polar surface area (TPSA) is 51.7 Å². The first-order chi connectivity index (χ1) is 15.6. The molecule has 0 unspecified atom stereocenters. The van der Waals surface area contributed by atoms with Gasteiger partial charge in [0.15, 0.2) is 5.13 Å². The fourth-order valence-electron chi connectivity index (χ4n) is 3.33. The van der Waals surface area contributed by atoms with E-state index >= 15 is 0 Å². The molecule has 0 aliphatic carbocycles. The number of nitrogens with zero attached hydrogens (tertiary/aromatic N) is 2. The second-order valence-electron chi connectivity index (χ2n) is 7.15. The van der Waals surface area contributed by atoms with Crippen molar-refractivity contribution in [3.63, 3.8) is 0 Å². The van der Waals surface area contributed by atoms with Gasteiger partial charge in [-0.15, -0.1) is 11.3 Å². The molecule has 1 aromatic heterocycles. The maximum Gasteiger partial charge on any atom is 0.264 e. The van der Waals surface area contributed by atoms with Crippen LogP contribution in [0.2, 0.25) is 0 Å². The van der Waals surface area contributed by atoms with E-state index in [0.29, 0.717) is 28.7 Å². The fourth-order valence-corrected chi connectivity index (χ4v) is 4.17. The highest BCUT2D eigenvalue weighted by atomic mass is 32.1. The first-order valence-corrected chi connectivity index (χ1v) is 11.2. The largest absolute Gasteiger partial charge is 0.495 e. The molecule has 0 radical (unpaired) electrons. The lowest BCUT2D eigenvalue weighted by Crippen LogP contribution is -2.26. The zero-order chi connectivity index (χ0) is 22.5. The smallest absolute Gasteiger partial charge is 0.264 e. The predicted molar refractivity (Wildman–Crippen MR) is 129 cm³/mol. The second kappa shape index (κ2) is 9.66. The molecule has 5 nitrogen and oxygen atoms in total. The van der Waals surface area contributed by atoms with E-state index in [1.54, 1.807) is 36.3 Å². The number of amides is 1. The van der Waals surface area contributed by atoms with Gasteiger partial charge in [-0.2, -0.15) is 0 Å². The number of hydrogen-bond acceptors (Lipinski definition) is 5. The molecule has 0 spiro atoms. The Morgan fingerprint density at radius 1 is 1.00 bits per heavy atom. The molecule has 0 N–H and O–H groups in total. The van der Waals surface area contributed by atoms with Crippen molar-refractivity contribution in [2.45, 2.75) is 13.8 Å². The second-order valence-corrected chi connectivity index (χ2v) is 7.99. The van der Waals surface area contributed by atoms with Gasteiger partial charge in [-0.05, 0) is 50.2 Å². The first-order valence-electron chi connectivity index (χ1n) is 10.3. The third-order valence-electron chi connectivity index (χ3n) is 4.97. The molecular weight excluding hydrogens is 420 g/mol. The molecule has 0 saturated heterocycles. The monoisotopic (exact) mass is 444 g/mol. The van der Waals surface area contributed by atoms with Crippen LogP contribution in [0.5, 0.6) is 11.5 Å². The van der Waals surface area contributed by atoms with E-state index < -0.39 is 0 Å². The molecule has 0 bridgehead atoms. The molecule has 0 aliphatic rings. The van der Waals surface area contributed by atoms with E-state index in [1.165, 1.54) is 16.9 Å². The summed E-state index contributed by atoms with van der Waals surface area (Å²) in [6, 6.07) is 22.8. The van der Waals surface area contributed by atoms with Crippen LogP contribution in [0.1, 0.15) is 22.8 Å². The first kappa shape index (κ1) is 21.6. The van der Waals surface area contributed by atoms with Gasteiger partial charge in [0.2, 0.25) is 0 Å². The number of benzene rings is 3. The normalized spacial score (nSPS) is 10.6. The number of para-hydroxylation sites is 2. The summed E-state index contributed by atoms with van der Waals surface area (Å²) in [6.45, 7) is 4.55. The highest BCUT2D eigenvalue weighted by molar-refractivity contribution is 7.14. The molecule has 4 aromatic rings. The van der Waals surface area contributed by atoms with Crippen molar-refractivity contribution in [2.75, 3.05) is 18.6 Å². The van der Waals surface area contributed by atoms with Crippen molar-refractivity contribution in [3.05, 3.63) is 89.3 Å². The number of anilines is 2. The summed E-state index contributed by atoms with van der Waals surface area (Å²) in [5, 5.41) is 2.54. The molecule has 0 atom stereocenters. The minimum absolute atomic E-state index is 0.192. The summed E-state index contributed by atoms with van der Waals surface area (Å²) in [5.74, 6) is 1.13. The number of thiazole rings is 1. The Labute approximate surface area is 191 Å². The number of ether oxygens (including phenoxy) is 2. The molecule has 6 heteroatoms. The molecule has 1 heterocycles. The molecule has 1 amide bonds. The molecule has 0 fully saturated rings. The SMILES string of the molecule is CCOc1ccc(C(=O)N(c2nc(-c3ccc(C)cc3)cs2)c2ccccc2OC)cc1. The van der Waals surface area contributed by atoms with Gasteiger partial charge in [0.05, 0.1) is 25.1 Å². The summed E-state index contributed by atoms with van der Waals surface area (Å²) < 4.78 is 11.1. The van der Waals surface area contributed by atoms with Gasteiger partial charge in [0.1, 0.15) is 11.5 Å². The Morgan fingerprint density at radius 2 is 1.72 bits per heavy atom. The van der Waals surface area contributed by atoms with E-state index in [1.807, 2.05) is 48.7 Å². The number of hydrogen-bond donors (Lipinski definition) is 0. The quantitative estimate of drug-likeness (QED) is 0.326. The van der Waals surface area contributed by atoms with Gasteiger partial charge in [-0.3, -0.25) is 4.79 Å². The van der Waals surface area contributed by atoms with Crippen molar-refractivity contribution < 1.29 is 14.3 Å². The Bertz CT molecular complexity index is 1200. The maximum atomic E-state index is 13.7. The minimum atomic E-state index is -0.192. The third-order valence-corrected chi connectivity index (χ3v) is 5.80. The van der Waals surface area contributed by atoms with E-state index in [9.17, 15) is 4.79 Å². The van der Waals surface area contributed by atoms with Crippen LogP contribution in [0, 0.1) is 6.92 Å². The summed E-state index contributed by atoms with van der Waals surface area (Å²) in [7, 11) is 1.60. The van der Waals surface area contributed by atoms with Gasteiger partial charge in [-0.1, -0.05) is 42.0 Å². The lowest BCUT2D eigenvalue weighted by Gasteiger charge is -2.22. The van der Waals surface area contributed by atoms with E-state index in [2.05, 4.69) is 19.1 Å². The van der Waals surface area contributed by atoms with Crippen LogP contribution in [0.25, 0.3) is 11.3 Å². The van der Waals surface area contributed by atoms with Crippen molar-refractivity contribution >= 4 is 28.1 Å². The van der Waals surface area contributed by atoms with Crippen molar-refractivity contribution in [2.24, 2.45) is 0 Å². The van der Waals surface area contributed by atoms with Crippen molar-refractivity contribution in [1.29, 1.82) is 0 Å². The van der Waals surface area contributed by atoms with Crippen LogP contribution in [0.15, 0.2) is 78.2 Å². The average molecular weight is 445 g/mol. The Kier molecular flexibility index (Phi) is 6.52. The highest BCUT2D eigenvalue weighted by Crippen LogP contribution is 2.38. The fraction of sp³-hybridized carbons (Fsp3) is 0.154. The van der Waals surface area contributed by atoms with E-state index in [-0.39, 0.29) is 5.91 Å². The molecule has 0 aliphatic heterocycles. The van der Waals surface area contributed by atoms with Crippen molar-refractivity contribution in [3.8, 4) is 22.8 Å². The average Bonchev–Trinajstić information content (AvgIpc) is 3.30. The summed E-state index contributed by atoms with van der Waals surface area (Å²) in [6.07, 6.45) is 0. The zero-order valence-electron chi connectivity index (χ0n) is 18.2. The lowest BCUT2D eigenvalue weighted by molar-refractivity contribution is 0.0998. The minimum Gasteiger partial charge on any atom is -0.495 e. The van der Waals surface area contributed by atoms with Crippen LogP contribution in [-0.4, -0.2) is 24.6 Å². The number of rotatable bonds is 7. The molecule has 3 aromatic carbocycles. The van der Waals surface area contributed by atoms with Gasteiger partial charge in [-0.25, -0.2) is 9.88 Å². The van der Waals surface area contributed by atoms with Gasteiger partial charge < -0.3 is 9.47 Å². The Balaban J connectivity index is 1.76. The third kappa shape index (κ3) is 4.50. The maximum absolute atomic E-state index is 13.7. The predicted octanol–water partition coefficient (Wildman–Crippen LogP) is 6.50. The molecular formula is C26H24N2O3S. The van der Waals surface area contributed by atoms with Gasteiger partial charge >= 0.3 is 0 Å². The number of aromatic nitrogens is 1. The summed E-state index contributed by atoms with van der Waals surface area (Å²) in [5.41, 5.74) is 4.19. The standard InChI is InChI=1S/C26H24N2O3S/c1-4-31-21-15-13-20(14-16-21)25(29)28(23-7-5-6-8-24(23)30-3)26-27-22(17-32-26)19-11-9-18(2)10-12-19/h5-17H,4H2,1-3H3. The zero-order valence-corrected chi connectivity index (χ0v) is 19.1. The number of aryl methyl sites for hydroxylation is 1. The number of methoxy groups -OCH3 is 1. The van der Waals surface area contributed by atoms with Crippen LogP contribution < -0.4 is 14.4 Å². The van der Waals surface area contributed by atoms with Crippen LogP contribution >= 0.6 is 11.3 Å². The van der Waals surface area contributed by atoms with Gasteiger partial charge in [0.25, 0.3) is 5.91 Å². The Hall–Kier alpha value is -3.64. The summed E-state index contributed by atoms with van der Waals surface area (Å²) >= 11 is 1.42. The van der Waals surface area contributed by atoms with Crippen LogP contribution in [-0.2, 0) is 0 Å².